The number of carboxylic acid groups (broad SMARTS) is 1. The van der Waals surface area contributed by atoms with Crippen LogP contribution in [0.15, 0.2) is 18.2 Å². The second kappa shape index (κ2) is 7.35. The first kappa shape index (κ1) is 16.6. The second-order valence-electron chi connectivity index (χ2n) is 4.06. The lowest BCUT2D eigenvalue weighted by atomic mass is 10.2. The molecule has 0 saturated heterocycles. The number of amides is 1. The van der Waals surface area contributed by atoms with Crippen LogP contribution in [0.2, 0.25) is 5.02 Å². The van der Waals surface area contributed by atoms with Crippen molar-refractivity contribution in [1.29, 1.82) is 0 Å². The third-order valence-corrected chi connectivity index (χ3v) is 4.14. The molecule has 0 saturated carbocycles. The van der Waals surface area contributed by atoms with Crippen LogP contribution in [-0.4, -0.2) is 33.0 Å². The number of benzene rings is 1. The molecule has 0 radical (unpaired) electrons. The molecule has 0 aliphatic carbocycles. The van der Waals surface area contributed by atoms with E-state index in [1.165, 1.54) is 25.1 Å². The third kappa shape index (κ3) is 4.90. The van der Waals surface area contributed by atoms with Crippen LogP contribution in [0, 0.1) is 5.82 Å². The maximum Gasteiger partial charge on any atom is 0.327 e. The number of hydrogen-bond acceptors (Lipinski definition) is 3. The molecule has 2 atom stereocenters. The average Bonchev–Trinajstić information content (AvgIpc) is 2.33. The second-order valence-corrected chi connectivity index (χ2v) is 5.93. The predicted octanol–water partition coefficient (Wildman–Crippen LogP) is 1.32. The molecular formula is C12H13ClFNO4S. The molecule has 1 rings (SSSR count). The lowest BCUT2D eigenvalue weighted by Crippen LogP contribution is -2.43. The van der Waals surface area contributed by atoms with E-state index in [1.54, 1.807) is 0 Å². The van der Waals surface area contributed by atoms with Gasteiger partial charge in [-0.2, -0.15) is 0 Å². The Hall–Kier alpha value is -1.47. The fraction of sp³-hybridized carbons (Fsp3) is 0.333. The number of aliphatic carboxylic acids is 1. The first-order valence-corrected chi connectivity index (χ1v) is 7.45. The quantitative estimate of drug-likeness (QED) is 0.827. The van der Waals surface area contributed by atoms with Gasteiger partial charge in [-0.15, -0.1) is 0 Å². The standard InChI is InChI=1S/C12H13ClFNO4S/c1-7(16)15-10(12(17)18)6-20(19)5-8-3-2-4-9(14)11(8)13/h2-4,10H,5-6H2,1H3,(H,15,16)(H,17,18). The Balaban J connectivity index is 2.73. The lowest BCUT2D eigenvalue weighted by Gasteiger charge is -2.13. The Bertz CT molecular complexity index is 552. The number of carbonyl (C=O) groups excluding carboxylic acids is 1. The Kier molecular flexibility index (Phi) is 6.09. The van der Waals surface area contributed by atoms with Gasteiger partial charge in [-0.05, 0) is 11.6 Å². The van der Waals surface area contributed by atoms with Crippen molar-refractivity contribution in [3.63, 3.8) is 0 Å². The normalized spacial score (nSPS) is 13.6. The zero-order valence-corrected chi connectivity index (χ0v) is 12.1. The van der Waals surface area contributed by atoms with Gasteiger partial charge in [0.2, 0.25) is 5.91 Å². The predicted molar refractivity (Wildman–Crippen MR) is 73.4 cm³/mol. The van der Waals surface area contributed by atoms with Gasteiger partial charge >= 0.3 is 5.97 Å². The SMILES string of the molecule is CC(=O)NC(CS(=O)Cc1cccc(F)c1Cl)C(=O)O. The van der Waals surface area contributed by atoms with Crippen molar-refractivity contribution in [3.05, 3.63) is 34.6 Å². The minimum absolute atomic E-state index is 0.0834. The minimum Gasteiger partial charge on any atom is -0.480 e. The van der Waals surface area contributed by atoms with Gasteiger partial charge in [-0.25, -0.2) is 9.18 Å². The zero-order valence-electron chi connectivity index (χ0n) is 10.6. The molecule has 5 nitrogen and oxygen atoms in total. The molecular weight excluding hydrogens is 309 g/mol. The zero-order chi connectivity index (χ0) is 15.3. The Morgan fingerprint density at radius 1 is 1.50 bits per heavy atom. The monoisotopic (exact) mass is 321 g/mol. The van der Waals surface area contributed by atoms with Crippen LogP contribution < -0.4 is 5.32 Å². The van der Waals surface area contributed by atoms with Crippen LogP contribution in [0.5, 0.6) is 0 Å². The number of halogens is 2. The maximum absolute atomic E-state index is 13.2. The van der Waals surface area contributed by atoms with Crippen LogP contribution >= 0.6 is 11.6 Å². The highest BCUT2D eigenvalue weighted by Crippen LogP contribution is 2.21. The highest BCUT2D eigenvalue weighted by molar-refractivity contribution is 7.84. The van der Waals surface area contributed by atoms with Crippen LogP contribution in [0.1, 0.15) is 12.5 Å². The molecule has 2 unspecified atom stereocenters. The number of hydrogen-bond donors (Lipinski definition) is 2. The van der Waals surface area contributed by atoms with Crippen molar-refractivity contribution in [2.45, 2.75) is 18.7 Å². The maximum atomic E-state index is 13.2. The fourth-order valence-electron chi connectivity index (χ4n) is 1.50. The molecule has 1 aromatic rings. The lowest BCUT2D eigenvalue weighted by molar-refractivity contribution is -0.140. The number of carboxylic acids is 1. The molecule has 0 fully saturated rings. The molecule has 1 amide bonds. The highest BCUT2D eigenvalue weighted by atomic mass is 35.5. The topological polar surface area (TPSA) is 83.5 Å². The number of carbonyl (C=O) groups is 2. The molecule has 8 heteroatoms. The summed E-state index contributed by atoms with van der Waals surface area (Å²) in [6.07, 6.45) is 0. The average molecular weight is 322 g/mol. The Morgan fingerprint density at radius 3 is 2.70 bits per heavy atom. The molecule has 2 N–H and O–H groups in total. The smallest absolute Gasteiger partial charge is 0.327 e. The molecule has 0 heterocycles. The summed E-state index contributed by atoms with van der Waals surface area (Å²) in [7, 11) is -1.60. The molecule has 0 aliphatic rings. The van der Waals surface area contributed by atoms with Gasteiger partial charge in [-0.1, -0.05) is 23.7 Å². The van der Waals surface area contributed by atoms with Gasteiger partial charge < -0.3 is 10.4 Å². The van der Waals surface area contributed by atoms with E-state index in [9.17, 15) is 18.2 Å². The van der Waals surface area contributed by atoms with Crippen molar-refractivity contribution in [2.75, 3.05) is 5.75 Å². The van der Waals surface area contributed by atoms with Gasteiger partial charge in [-0.3, -0.25) is 9.00 Å². The highest BCUT2D eigenvalue weighted by Gasteiger charge is 2.22. The van der Waals surface area contributed by atoms with E-state index >= 15 is 0 Å². The Labute approximate surface area is 122 Å². The van der Waals surface area contributed by atoms with E-state index < -0.39 is 34.5 Å². The van der Waals surface area contributed by atoms with Crippen molar-refractivity contribution < 1.29 is 23.3 Å². The molecule has 0 aromatic heterocycles. The summed E-state index contributed by atoms with van der Waals surface area (Å²) in [6, 6.07) is 2.86. The summed E-state index contributed by atoms with van der Waals surface area (Å²) >= 11 is 5.73. The van der Waals surface area contributed by atoms with Gasteiger partial charge in [0.15, 0.2) is 0 Å². The largest absolute Gasteiger partial charge is 0.480 e. The molecule has 20 heavy (non-hydrogen) atoms. The summed E-state index contributed by atoms with van der Waals surface area (Å²) < 4.78 is 25.1. The minimum atomic E-state index is -1.60. The molecule has 1 aromatic carbocycles. The van der Waals surface area contributed by atoms with E-state index in [4.69, 9.17) is 16.7 Å². The summed E-state index contributed by atoms with van der Waals surface area (Å²) in [5.74, 6) is -2.79. The first-order chi connectivity index (χ1) is 9.31. The Morgan fingerprint density at radius 2 is 2.15 bits per heavy atom. The molecule has 0 aliphatic heterocycles. The van der Waals surface area contributed by atoms with Crippen LogP contribution in [-0.2, 0) is 26.1 Å². The summed E-state index contributed by atoms with van der Waals surface area (Å²) in [4.78, 5) is 21.8. The van der Waals surface area contributed by atoms with Crippen LogP contribution in [0.4, 0.5) is 4.39 Å². The summed E-state index contributed by atoms with van der Waals surface area (Å²) in [5.41, 5.74) is 0.331. The molecule has 0 spiro atoms. The van der Waals surface area contributed by atoms with Crippen molar-refractivity contribution >= 4 is 34.3 Å². The van der Waals surface area contributed by atoms with Crippen molar-refractivity contribution in [3.8, 4) is 0 Å². The summed E-state index contributed by atoms with van der Waals surface area (Å²) in [5, 5.41) is 11.0. The van der Waals surface area contributed by atoms with E-state index in [-0.39, 0.29) is 16.5 Å². The molecule has 110 valence electrons. The number of nitrogens with one attached hydrogen (secondary N) is 1. The van der Waals surface area contributed by atoms with Gasteiger partial charge in [0, 0.05) is 17.7 Å². The first-order valence-electron chi connectivity index (χ1n) is 5.59. The number of rotatable bonds is 6. The van der Waals surface area contributed by atoms with Crippen molar-refractivity contribution in [2.24, 2.45) is 0 Å². The third-order valence-electron chi connectivity index (χ3n) is 2.38. The van der Waals surface area contributed by atoms with E-state index in [0.717, 1.165) is 0 Å². The van der Waals surface area contributed by atoms with Crippen LogP contribution in [0.3, 0.4) is 0 Å². The summed E-state index contributed by atoms with van der Waals surface area (Å²) in [6.45, 7) is 1.17. The molecule has 0 bridgehead atoms. The van der Waals surface area contributed by atoms with E-state index in [2.05, 4.69) is 5.32 Å². The van der Waals surface area contributed by atoms with Crippen LogP contribution in [0.25, 0.3) is 0 Å². The fourth-order valence-corrected chi connectivity index (χ4v) is 3.07. The van der Waals surface area contributed by atoms with E-state index in [0.29, 0.717) is 5.56 Å². The van der Waals surface area contributed by atoms with E-state index in [1.807, 2.05) is 0 Å². The van der Waals surface area contributed by atoms with Crippen molar-refractivity contribution in [1.82, 2.24) is 5.32 Å². The van der Waals surface area contributed by atoms with Gasteiger partial charge in [0.25, 0.3) is 0 Å². The van der Waals surface area contributed by atoms with Gasteiger partial charge in [0.05, 0.1) is 16.5 Å². The van der Waals surface area contributed by atoms with Gasteiger partial charge in [0.1, 0.15) is 11.9 Å².